The molecule has 2 heteroatoms. The molecular weight excluding hydrogens is 232 g/mol. The Bertz CT molecular complexity index is 273. The highest BCUT2D eigenvalue weighted by Crippen LogP contribution is 2.33. The van der Waals surface area contributed by atoms with Crippen molar-refractivity contribution in [2.45, 2.75) is 60.3 Å². The molecule has 19 heavy (non-hydrogen) atoms. The molecule has 0 aliphatic carbocycles. The van der Waals surface area contributed by atoms with Crippen molar-refractivity contribution >= 4 is 5.84 Å². The second-order valence-electron chi connectivity index (χ2n) is 5.45. The first-order valence-electron chi connectivity index (χ1n) is 8.03. The Kier molecular flexibility index (Phi) is 9.63. The zero-order valence-electron chi connectivity index (χ0n) is 14.1. The first-order valence-corrected chi connectivity index (χ1v) is 8.03. The molecule has 0 aromatic rings. The quantitative estimate of drug-likeness (QED) is 0.686. The zero-order valence-corrected chi connectivity index (χ0v) is 14.1. The first kappa shape index (κ1) is 18.2. The predicted molar refractivity (Wildman–Crippen MR) is 87.6 cm³/mol. The molecule has 0 saturated heterocycles. The number of nitrogens with zero attached hydrogens (tertiary/aromatic N) is 2. The fourth-order valence-electron chi connectivity index (χ4n) is 2.99. The van der Waals surface area contributed by atoms with E-state index in [1.54, 1.807) is 0 Å². The van der Waals surface area contributed by atoms with E-state index in [0.29, 0.717) is 11.8 Å². The van der Waals surface area contributed by atoms with Crippen LogP contribution < -0.4 is 0 Å². The summed E-state index contributed by atoms with van der Waals surface area (Å²) in [6, 6.07) is 0. The summed E-state index contributed by atoms with van der Waals surface area (Å²) in [5.74, 6) is 3.28. The van der Waals surface area contributed by atoms with Gasteiger partial charge in [-0.25, -0.2) is 4.99 Å². The minimum Gasteiger partial charge on any atom is -0.366 e. The van der Waals surface area contributed by atoms with Gasteiger partial charge in [0.1, 0.15) is 5.84 Å². The van der Waals surface area contributed by atoms with E-state index in [1.165, 1.54) is 31.5 Å². The molecule has 0 aromatic carbocycles. The topological polar surface area (TPSA) is 15.6 Å². The third-order valence-corrected chi connectivity index (χ3v) is 3.75. The monoisotopic (exact) mass is 266 g/mol. The Labute approximate surface area is 121 Å². The summed E-state index contributed by atoms with van der Waals surface area (Å²) in [6.45, 7) is 10.9. The maximum Gasteiger partial charge on any atom is 0.108 e. The summed E-state index contributed by atoms with van der Waals surface area (Å²) in [5, 5.41) is 0. The number of amidine groups is 1. The van der Waals surface area contributed by atoms with E-state index >= 15 is 0 Å². The molecule has 0 spiro atoms. The molecule has 1 rings (SSSR count). The number of aliphatic imine (C=N–C) groups is 1. The Hall–Kier alpha value is -0.790. The third kappa shape index (κ3) is 5.38. The molecule has 1 aliphatic heterocycles. The lowest BCUT2D eigenvalue weighted by atomic mass is 9.76. The smallest absolute Gasteiger partial charge is 0.108 e. The lowest BCUT2D eigenvalue weighted by molar-refractivity contribution is 0.290. The van der Waals surface area contributed by atoms with Gasteiger partial charge in [-0.05, 0) is 24.7 Å². The summed E-state index contributed by atoms with van der Waals surface area (Å²) in [7, 11) is 4.24. The molecular formula is C17H34N2. The van der Waals surface area contributed by atoms with Crippen molar-refractivity contribution in [3.63, 3.8) is 0 Å². The van der Waals surface area contributed by atoms with Crippen LogP contribution in [0.15, 0.2) is 17.3 Å². The van der Waals surface area contributed by atoms with Crippen LogP contribution in [0.4, 0.5) is 0 Å². The summed E-state index contributed by atoms with van der Waals surface area (Å²) < 4.78 is 0. The van der Waals surface area contributed by atoms with Crippen LogP contribution in [0, 0.1) is 17.8 Å². The second-order valence-corrected chi connectivity index (χ2v) is 5.45. The van der Waals surface area contributed by atoms with E-state index in [9.17, 15) is 0 Å². The normalized spacial score (nSPS) is 21.8. The molecule has 0 N–H and O–H groups in total. The van der Waals surface area contributed by atoms with Crippen LogP contribution >= 0.6 is 0 Å². The van der Waals surface area contributed by atoms with Gasteiger partial charge in [0.2, 0.25) is 0 Å². The van der Waals surface area contributed by atoms with Gasteiger partial charge in [-0.2, -0.15) is 0 Å². The fourth-order valence-corrected chi connectivity index (χ4v) is 2.99. The maximum absolute atomic E-state index is 4.61. The van der Waals surface area contributed by atoms with Gasteiger partial charge in [-0.15, -0.1) is 0 Å². The van der Waals surface area contributed by atoms with Crippen LogP contribution in [0.25, 0.3) is 0 Å². The lowest BCUT2D eigenvalue weighted by Gasteiger charge is -2.36. The number of rotatable bonds is 5. The van der Waals surface area contributed by atoms with Gasteiger partial charge in [0.05, 0.1) is 0 Å². The molecule has 0 amide bonds. The average Bonchev–Trinajstić information content (AvgIpc) is 2.40. The maximum atomic E-state index is 4.61. The minimum absolute atomic E-state index is 0.606. The standard InChI is InChI=1S/C15H28N2.C2H6/c1-6-8-13(9-7-2)14-12(3)10-11-16-15(14)17(4)5;1-2/h10-14H,6-9H2,1-5H3;1-2H3/t12?,14-;/m0./s1. The third-order valence-electron chi connectivity index (χ3n) is 3.75. The summed E-state index contributed by atoms with van der Waals surface area (Å²) in [5.41, 5.74) is 0. The van der Waals surface area contributed by atoms with Gasteiger partial charge in [-0.1, -0.05) is 53.5 Å². The SMILES string of the molecule is CC.CCCC(CCC)[C@H]1C(N(C)C)=NC=CC1C. The van der Waals surface area contributed by atoms with E-state index in [0.717, 1.165) is 5.92 Å². The van der Waals surface area contributed by atoms with E-state index in [1.807, 2.05) is 20.0 Å². The van der Waals surface area contributed by atoms with Gasteiger partial charge in [-0.3, -0.25) is 0 Å². The lowest BCUT2D eigenvalue weighted by Crippen LogP contribution is -2.39. The van der Waals surface area contributed by atoms with E-state index in [4.69, 9.17) is 0 Å². The van der Waals surface area contributed by atoms with Crippen molar-refractivity contribution in [2.24, 2.45) is 22.7 Å². The Morgan fingerprint density at radius 1 is 1.16 bits per heavy atom. The largest absolute Gasteiger partial charge is 0.366 e. The van der Waals surface area contributed by atoms with Gasteiger partial charge in [0, 0.05) is 26.2 Å². The van der Waals surface area contributed by atoms with E-state index in [-0.39, 0.29) is 0 Å². The molecule has 0 aromatic heterocycles. The van der Waals surface area contributed by atoms with Gasteiger partial charge >= 0.3 is 0 Å². The Morgan fingerprint density at radius 2 is 1.68 bits per heavy atom. The van der Waals surface area contributed by atoms with Gasteiger partial charge in [0.15, 0.2) is 0 Å². The molecule has 2 atom stereocenters. The highest BCUT2D eigenvalue weighted by Gasteiger charge is 2.31. The molecule has 1 aliphatic rings. The molecule has 0 saturated carbocycles. The summed E-state index contributed by atoms with van der Waals surface area (Å²) >= 11 is 0. The molecule has 0 radical (unpaired) electrons. The van der Waals surface area contributed by atoms with Crippen molar-refractivity contribution < 1.29 is 0 Å². The van der Waals surface area contributed by atoms with Crippen LogP contribution in [-0.4, -0.2) is 24.8 Å². The van der Waals surface area contributed by atoms with Crippen LogP contribution in [0.1, 0.15) is 60.3 Å². The van der Waals surface area contributed by atoms with Crippen molar-refractivity contribution in [3.8, 4) is 0 Å². The molecule has 0 fully saturated rings. The van der Waals surface area contributed by atoms with Crippen molar-refractivity contribution in [3.05, 3.63) is 12.3 Å². The zero-order chi connectivity index (χ0) is 14.8. The van der Waals surface area contributed by atoms with Crippen molar-refractivity contribution in [2.75, 3.05) is 14.1 Å². The van der Waals surface area contributed by atoms with Crippen molar-refractivity contribution in [1.82, 2.24) is 4.90 Å². The van der Waals surface area contributed by atoms with E-state index < -0.39 is 0 Å². The minimum atomic E-state index is 0.606. The summed E-state index contributed by atoms with van der Waals surface area (Å²) in [6.07, 6.45) is 9.44. The Balaban J connectivity index is 0.00000154. The number of hydrogen-bond acceptors (Lipinski definition) is 2. The van der Waals surface area contributed by atoms with Crippen LogP contribution in [-0.2, 0) is 0 Å². The fraction of sp³-hybridized carbons (Fsp3) is 0.824. The molecule has 1 heterocycles. The molecule has 0 bridgehead atoms. The molecule has 1 unspecified atom stereocenters. The predicted octanol–water partition coefficient (Wildman–Crippen LogP) is 4.97. The van der Waals surface area contributed by atoms with Crippen LogP contribution in [0.5, 0.6) is 0 Å². The van der Waals surface area contributed by atoms with E-state index in [2.05, 4.69) is 50.8 Å². The highest BCUT2D eigenvalue weighted by atomic mass is 15.1. The molecule has 2 nitrogen and oxygen atoms in total. The van der Waals surface area contributed by atoms with Crippen LogP contribution in [0.2, 0.25) is 0 Å². The number of hydrogen-bond donors (Lipinski definition) is 0. The van der Waals surface area contributed by atoms with Crippen LogP contribution in [0.3, 0.4) is 0 Å². The van der Waals surface area contributed by atoms with Crippen molar-refractivity contribution in [1.29, 1.82) is 0 Å². The molecule has 112 valence electrons. The Morgan fingerprint density at radius 3 is 2.11 bits per heavy atom. The number of allylic oxidation sites excluding steroid dienone is 1. The highest BCUT2D eigenvalue weighted by molar-refractivity contribution is 5.86. The summed E-state index contributed by atoms with van der Waals surface area (Å²) in [4.78, 5) is 6.81. The average molecular weight is 266 g/mol. The van der Waals surface area contributed by atoms with Gasteiger partial charge in [0.25, 0.3) is 0 Å². The second kappa shape index (κ2) is 10.1. The van der Waals surface area contributed by atoms with Gasteiger partial charge < -0.3 is 4.90 Å². The first-order chi connectivity index (χ1) is 9.11.